The Balaban J connectivity index is 1.60. The lowest BCUT2D eigenvalue weighted by Gasteiger charge is -2.17. The summed E-state index contributed by atoms with van der Waals surface area (Å²) in [5.41, 5.74) is 2.72. The van der Waals surface area contributed by atoms with Crippen molar-refractivity contribution in [3.63, 3.8) is 0 Å². The van der Waals surface area contributed by atoms with Crippen LogP contribution in [0.1, 0.15) is 23.3 Å². The monoisotopic (exact) mass is 300 g/mol. The van der Waals surface area contributed by atoms with E-state index < -0.39 is 0 Å². The van der Waals surface area contributed by atoms with Gasteiger partial charge in [0.1, 0.15) is 0 Å². The molecule has 1 aliphatic heterocycles. The first-order valence-electron chi connectivity index (χ1n) is 6.96. The van der Waals surface area contributed by atoms with E-state index in [1.165, 1.54) is 4.88 Å². The lowest BCUT2D eigenvalue weighted by molar-refractivity contribution is -0.117. The van der Waals surface area contributed by atoms with Crippen molar-refractivity contribution in [3.8, 4) is 0 Å². The van der Waals surface area contributed by atoms with Crippen molar-refractivity contribution in [2.75, 3.05) is 10.6 Å². The van der Waals surface area contributed by atoms with Crippen molar-refractivity contribution in [2.24, 2.45) is 0 Å². The quantitative estimate of drug-likeness (QED) is 0.911. The van der Waals surface area contributed by atoms with E-state index in [1.807, 2.05) is 35.7 Å². The van der Waals surface area contributed by atoms with Gasteiger partial charge in [-0.25, -0.2) is 0 Å². The van der Waals surface area contributed by atoms with Crippen molar-refractivity contribution < 1.29 is 9.59 Å². The third kappa shape index (κ3) is 3.49. The number of nitrogens with one attached hydrogen (secondary N) is 2. The number of carbonyl (C=O) groups is 2. The topological polar surface area (TPSA) is 58.2 Å². The minimum atomic E-state index is 0.0168. The molecule has 1 aliphatic rings. The molecular weight excluding hydrogens is 284 g/mol. The second kappa shape index (κ2) is 6.10. The van der Waals surface area contributed by atoms with E-state index in [0.29, 0.717) is 12.8 Å². The third-order valence-corrected chi connectivity index (χ3v) is 4.40. The van der Waals surface area contributed by atoms with Crippen LogP contribution in [-0.2, 0) is 22.4 Å². The van der Waals surface area contributed by atoms with Crippen LogP contribution in [0.4, 0.5) is 11.4 Å². The molecule has 1 aromatic heterocycles. The van der Waals surface area contributed by atoms with Crippen LogP contribution in [0.5, 0.6) is 0 Å². The van der Waals surface area contributed by atoms with Gasteiger partial charge in [0.15, 0.2) is 0 Å². The Morgan fingerprint density at radius 3 is 3.00 bits per heavy atom. The van der Waals surface area contributed by atoms with Crippen LogP contribution in [0.25, 0.3) is 0 Å². The van der Waals surface area contributed by atoms with E-state index in [1.54, 1.807) is 11.3 Å². The molecule has 2 amide bonds. The van der Waals surface area contributed by atoms with E-state index in [4.69, 9.17) is 0 Å². The Morgan fingerprint density at radius 2 is 2.19 bits per heavy atom. The summed E-state index contributed by atoms with van der Waals surface area (Å²) >= 11 is 1.67. The Bertz CT molecular complexity index is 665. The average molecular weight is 300 g/mol. The highest BCUT2D eigenvalue weighted by Crippen LogP contribution is 2.25. The molecule has 108 valence electrons. The van der Waals surface area contributed by atoms with Crippen LogP contribution < -0.4 is 10.6 Å². The predicted molar refractivity (Wildman–Crippen MR) is 84.7 cm³/mol. The zero-order valence-corrected chi connectivity index (χ0v) is 12.3. The number of thiophene rings is 1. The highest BCUT2D eigenvalue weighted by Gasteiger charge is 2.15. The number of amides is 2. The first kappa shape index (κ1) is 13.8. The second-order valence-electron chi connectivity index (χ2n) is 5.05. The smallest absolute Gasteiger partial charge is 0.224 e. The largest absolute Gasteiger partial charge is 0.326 e. The molecule has 2 heterocycles. The molecule has 0 saturated heterocycles. The summed E-state index contributed by atoms with van der Waals surface area (Å²) in [4.78, 5) is 24.5. The van der Waals surface area contributed by atoms with Gasteiger partial charge in [-0.3, -0.25) is 9.59 Å². The fraction of sp³-hybridized carbons (Fsp3) is 0.250. The molecule has 0 radical (unpaired) electrons. The number of anilines is 2. The molecule has 2 aromatic rings. The summed E-state index contributed by atoms with van der Waals surface area (Å²) in [7, 11) is 0. The van der Waals surface area contributed by atoms with Gasteiger partial charge in [-0.2, -0.15) is 0 Å². The van der Waals surface area contributed by atoms with E-state index in [9.17, 15) is 9.59 Å². The molecule has 4 nitrogen and oxygen atoms in total. The first-order chi connectivity index (χ1) is 10.2. The molecular formula is C16H16N2O2S. The van der Waals surface area contributed by atoms with Crippen LogP contribution in [0.3, 0.4) is 0 Å². The van der Waals surface area contributed by atoms with Crippen molar-refractivity contribution in [1.29, 1.82) is 0 Å². The van der Waals surface area contributed by atoms with Gasteiger partial charge in [0.2, 0.25) is 11.8 Å². The Labute approximate surface area is 127 Å². The molecule has 0 fully saturated rings. The van der Waals surface area contributed by atoms with Gasteiger partial charge in [0.25, 0.3) is 0 Å². The highest BCUT2D eigenvalue weighted by molar-refractivity contribution is 7.09. The summed E-state index contributed by atoms with van der Waals surface area (Å²) in [6.07, 6.45) is 2.47. The molecule has 0 unspecified atom stereocenters. The van der Waals surface area contributed by atoms with Crippen molar-refractivity contribution in [1.82, 2.24) is 0 Å². The van der Waals surface area contributed by atoms with Crippen LogP contribution in [-0.4, -0.2) is 11.8 Å². The lowest BCUT2D eigenvalue weighted by Crippen LogP contribution is -2.19. The molecule has 2 N–H and O–H groups in total. The first-order valence-corrected chi connectivity index (χ1v) is 7.84. The number of aryl methyl sites for hydroxylation is 2. The number of benzene rings is 1. The zero-order chi connectivity index (χ0) is 14.7. The van der Waals surface area contributed by atoms with Gasteiger partial charge < -0.3 is 10.6 Å². The molecule has 5 heteroatoms. The minimum Gasteiger partial charge on any atom is -0.326 e. The molecule has 0 saturated carbocycles. The van der Waals surface area contributed by atoms with Gasteiger partial charge in [-0.1, -0.05) is 6.07 Å². The summed E-state index contributed by atoms with van der Waals surface area (Å²) in [5, 5.41) is 7.77. The van der Waals surface area contributed by atoms with Gasteiger partial charge in [-0.05, 0) is 48.1 Å². The molecule has 3 rings (SSSR count). The number of hydrogen-bond donors (Lipinski definition) is 2. The van der Waals surface area contributed by atoms with Crippen molar-refractivity contribution in [3.05, 3.63) is 46.2 Å². The highest BCUT2D eigenvalue weighted by atomic mass is 32.1. The van der Waals surface area contributed by atoms with Gasteiger partial charge >= 0.3 is 0 Å². The van der Waals surface area contributed by atoms with E-state index in [2.05, 4.69) is 10.6 Å². The number of rotatable bonds is 4. The van der Waals surface area contributed by atoms with Crippen LogP contribution in [0, 0.1) is 0 Å². The van der Waals surface area contributed by atoms with Crippen LogP contribution >= 0.6 is 11.3 Å². The molecule has 21 heavy (non-hydrogen) atoms. The summed E-state index contributed by atoms with van der Waals surface area (Å²) in [6, 6.07) is 9.65. The molecule has 1 aromatic carbocycles. The Morgan fingerprint density at radius 1 is 1.29 bits per heavy atom. The third-order valence-electron chi connectivity index (χ3n) is 3.46. The van der Waals surface area contributed by atoms with Crippen molar-refractivity contribution >= 4 is 34.5 Å². The predicted octanol–water partition coefficient (Wildman–Crippen LogP) is 3.20. The number of hydrogen-bond acceptors (Lipinski definition) is 3. The maximum atomic E-state index is 12.0. The maximum Gasteiger partial charge on any atom is 0.224 e. The lowest BCUT2D eigenvalue weighted by atomic mass is 10.0. The Kier molecular flexibility index (Phi) is 4.01. The molecule has 0 atom stereocenters. The normalized spacial score (nSPS) is 13.4. The van der Waals surface area contributed by atoms with Gasteiger partial charge in [0, 0.05) is 29.1 Å². The fourth-order valence-electron chi connectivity index (χ4n) is 2.38. The van der Waals surface area contributed by atoms with E-state index in [0.717, 1.165) is 29.8 Å². The minimum absolute atomic E-state index is 0.0168. The fourth-order valence-corrected chi connectivity index (χ4v) is 3.09. The SMILES string of the molecule is O=C(CCc1cccs1)Nc1ccc2c(c1)CCC(=O)N2. The summed E-state index contributed by atoms with van der Waals surface area (Å²) < 4.78 is 0. The van der Waals surface area contributed by atoms with Gasteiger partial charge in [0.05, 0.1) is 0 Å². The second-order valence-corrected chi connectivity index (χ2v) is 6.08. The Hall–Kier alpha value is -2.14. The van der Waals surface area contributed by atoms with Crippen molar-refractivity contribution in [2.45, 2.75) is 25.7 Å². The van der Waals surface area contributed by atoms with E-state index >= 15 is 0 Å². The summed E-state index contributed by atoms with van der Waals surface area (Å²) in [5.74, 6) is 0.0680. The van der Waals surface area contributed by atoms with E-state index in [-0.39, 0.29) is 11.8 Å². The number of carbonyl (C=O) groups excluding carboxylic acids is 2. The molecule has 0 aliphatic carbocycles. The maximum absolute atomic E-state index is 12.0. The standard InChI is InChI=1S/C16H16N2O2S/c19-15(8-5-13-2-1-9-21-13)17-12-4-6-14-11(10-12)3-7-16(20)18-14/h1-2,4,6,9-10H,3,5,7-8H2,(H,17,19)(H,18,20). The summed E-state index contributed by atoms with van der Waals surface area (Å²) in [6.45, 7) is 0. The zero-order valence-electron chi connectivity index (χ0n) is 11.5. The van der Waals surface area contributed by atoms with Gasteiger partial charge in [-0.15, -0.1) is 11.3 Å². The van der Waals surface area contributed by atoms with Crippen LogP contribution in [0.2, 0.25) is 0 Å². The number of fused-ring (bicyclic) bond motifs is 1. The molecule has 0 spiro atoms. The average Bonchev–Trinajstić information content (AvgIpc) is 2.99. The van der Waals surface area contributed by atoms with Crippen LogP contribution in [0.15, 0.2) is 35.7 Å². The molecule has 0 bridgehead atoms.